The van der Waals surface area contributed by atoms with Crippen LogP contribution >= 0.6 is 0 Å². The zero-order valence-corrected chi connectivity index (χ0v) is 11.6. The van der Waals surface area contributed by atoms with Gasteiger partial charge in [0, 0.05) is 12.7 Å². The summed E-state index contributed by atoms with van der Waals surface area (Å²) in [5, 5.41) is 11.4. The number of hydrogen-bond donors (Lipinski definition) is 2. The summed E-state index contributed by atoms with van der Waals surface area (Å²) in [6.07, 6.45) is 1.52. The molecule has 0 radical (unpaired) electrons. The summed E-state index contributed by atoms with van der Waals surface area (Å²) < 4.78 is 5.18. The third-order valence-electron chi connectivity index (χ3n) is 2.88. The highest BCUT2D eigenvalue weighted by Crippen LogP contribution is 2.12. The van der Waals surface area contributed by atoms with E-state index >= 15 is 0 Å². The van der Waals surface area contributed by atoms with Gasteiger partial charge in [0.25, 0.3) is 0 Å². The molecule has 0 unspecified atom stereocenters. The highest BCUT2D eigenvalue weighted by atomic mass is 16.4. The van der Waals surface area contributed by atoms with Crippen LogP contribution in [-0.4, -0.2) is 29.1 Å². The predicted octanol–water partition coefficient (Wildman–Crippen LogP) is 2.57. The maximum atomic E-state index is 12.0. The quantitative estimate of drug-likeness (QED) is 0.885. The maximum Gasteiger partial charge on any atom is 0.321 e. The number of carbonyl (C=O) groups excluding carboxylic acids is 1. The second-order valence-corrected chi connectivity index (χ2v) is 4.63. The van der Waals surface area contributed by atoms with Crippen molar-refractivity contribution in [2.45, 2.75) is 13.0 Å². The lowest BCUT2D eigenvalue weighted by Crippen LogP contribution is -2.30. The van der Waals surface area contributed by atoms with E-state index in [0.717, 1.165) is 0 Å². The fourth-order valence-corrected chi connectivity index (χ4v) is 1.81. The predicted molar refractivity (Wildman–Crippen MR) is 77.0 cm³/mol. The van der Waals surface area contributed by atoms with E-state index in [4.69, 9.17) is 9.52 Å². The van der Waals surface area contributed by atoms with Gasteiger partial charge < -0.3 is 19.7 Å². The fraction of sp³-hybridized carbons (Fsp3) is 0.200. The normalized spacial score (nSPS) is 10.1. The van der Waals surface area contributed by atoms with E-state index in [-0.39, 0.29) is 12.5 Å². The summed E-state index contributed by atoms with van der Waals surface area (Å²) in [4.78, 5) is 24.1. The summed E-state index contributed by atoms with van der Waals surface area (Å²) >= 11 is 0. The first-order valence-corrected chi connectivity index (χ1v) is 6.40. The molecule has 1 aromatic heterocycles. The lowest BCUT2D eigenvalue weighted by atomic mass is 10.1. The minimum absolute atomic E-state index is 0.0351. The fourth-order valence-electron chi connectivity index (χ4n) is 1.81. The molecule has 1 heterocycles. The Kier molecular flexibility index (Phi) is 4.61. The maximum absolute atomic E-state index is 12.0. The van der Waals surface area contributed by atoms with Gasteiger partial charge in [-0.15, -0.1) is 0 Å². The number of nitrogens with zero attached hydrogens (tertiary/aromatic N) is 1. The van der Waals surface area contributed by atoms with Crippen molar-refractivity contribution in [1.29, 1.82) is 0 Å². The first kappa shape index (κ1) is 14.6. The van der Waals surface area contributed by atoms with Crippen LogP contribution in [0.1, 0.15) is 11.3 Å². The van der Waals surface area contributed by atoms with Gasteiger partial charge in [0.15, 0.2) is 0 Å². The number of furan rings is 1. The molecule has 110 valence electrons. The molecule has 1 aromatic carbocycles. The molecule has 6 heteroatoms. The number of anilines is 1. The lowest BCUT2D eigenvalue weighted by Gasteiger charge is -2.16. The molecule has 0 atom stereocenters. The molecule has 0 aliphatic rings. The molecule has 0 aliphatic heterocycles. The number of aliphatic carboxylic acids is 1. The third kappa shape index (κ3) is 4.38. The number of hydrogen-bond acceptors (Lipinski definition) is 3. The molecular formula is C15H16N2O4. The number of amides is 2. The number of benzene rings is 1. The van der Waals surface area contributed by atoms with Gasteiger partial charge in [0.05, 0.1) is 19.2 Å². The molecule has 0 saturated carbocycles. The van der Waals surface area contributed by atoms with Gasteiger partial charge in [-0.05, 0) is 29.8 Å². The number of carboxylic acid groups (broad SMARTS) is 1. The monoisotopic (exact) mass is 288 g/mol. The smallest absolute Gasteiger partial charge is 0.321 e. The van der Waals surface area contributed by atoms with Gasteiger partial charge >= 0.3 is 12.0 Å². The zero-order valence-electron chi connectivity index (χ0n) is 11.6. The van der Waals surface area contributed by atoms with E-state index in [0.29, 0.717) is 23.6 Å². The van der Waals surface area contributed by atoms with Crippen LogP contribution in [0.15, 0.2) is 47.1 Å². The number of carbonyl (C=O) groups is 2. The molecule has 21 heavy (non-hydrogen) atoms. The summed E-state index contributed by atoms with van der Waals surface area (Å²) in [5.41, 5.74) is 1.30. The van der Waals surface area contributed by atoms with Crippen LogP contribution in [0.25, 0.3) is 0 Å². The van der Waals surface area contributed by atoms with Gasteiger partial charge in [-0.1, -0.05) is 12.1 Å². The Morgan fingerprint density at radius 3 is 2.52 bits per heavy atom. The Morgan fingerprint density at radius 2 is 1.95 bits per heavy atom. The summed E-state index contributed by atoms with van der Waals surface area (Å²) in [7, 11) is 1.66. The molecule has 6 nitrogen and oxygen atoms in total. The Labute approximate surface area is 122 Å². The van der Waals surface area contributed by atoms with Crippen molar-refractivity contribution < 1.29 is 19.1 Å². The topological polar surface area (TPSA) is 82.8 Å². The Morgan fingerprint density at radius 1 is 1.24 bits per heavy atom. The van der Waals surface area contributed by atoms with Crippen molar-refractivity contribution in [3.8, 4) is 0 Å². The van der Waals surface area contributed by atoms with Crippen molar-refractivity contribution in [3.05, 3.63) is 54.0 Å². The third-order valence-corrected chi connectivity index (χ3v) is 2.88. The molecule has 2 N–H and O–H groups in total. The first-order chi connectivity index (χ1) is 10.0. The Balaban J connectivity index is 1.91. The highest BCUT2D eigenvalue weighted by Gasteiger charge is 2.10. The SMILES string of the molecule is CN(Cc1ccco1)C(=O)Nc1ccc(CC(=O)O)cc1. The first-order valence-electron chi connectivity index (χ1n) is 6.40. The van der Waals surface area contributed by atoms with Gasteiger partial charge in [-0.25, -0.2) is 4.79 Å². The molecule has 0 fully saturated rings. The van der Waals surface area contributed by atoms with E-state index in [1.54, 1.807) is 49.7 Å². The van der Waals surface area contributed by atoms with Gasteiger partial charge in [-0.3, -0.25) is 4.79 Å². The lowest BCUT2D eigenvalue weighted by molar-refractivity contribution is -0.136. The van der Waals surface area contributed by atoms with Crippen LogP contribution in [0.5, 0.6) is 0 Å². The number of carboxylic acids is 1. The van der Waals surface area contributed by atoms with E-state index in [1.165, 1.54) is 4.90 Å². The van der Waals surface area contributed by atoms with Gasteiger partial charge in [-0.2, -0.15) is 0 Å². The average molecular weight is 288 g/mol. The van der Waals surface area contributed by atoms with Crippen molar-refractivity contribution in [1.82, 2.24) is 4.90 Å². The van der Waals surface area contributed by atoms with Crippen LogP contribution in [-0.2, 0) is 17.8 Å². The van der Waals surface area contributed by atoms with Crippen LogP contribution in [0.3, 0.4) is 0 Å². The van der Waals surface area contributed by atoms with Crippen LogP contribution in [0.2, 0.25) is 0 Å². The Hall–Kier alpha value is -2.76. The molecular weight excluding hydrogens is 272 g/mol. The largest absolute Gasteiger partial charge is 0.481 e. The highest BCUT2D eigenvalue weighted by molar-refractivity contribution is 5.89. The van der Waals surface area contributed by atoms with E-state index in [2.05, 4.69) is 5.32 Å². The number of urea groups is 1. The van der Waals surface area contributed by atoms with Crippen molar-refractivity contribution >= 4 is 17.7 Å². The molecule has 0 bridgehead atoms. The Bertz CT molecular complexity index is 605. The van der Waals surface area contributed by atoms with Crippen LogP contribution < -0.4 is 5.32 Å². The second-order valence-electron chi connectivity index (χ2n) is 4.63. The van der Waals surface area contributed by atoms with Crippen LogP contribution in [0, 0.1) is 0 Å². The number of nitrogens with one attached hydrogen (secondary N) is 1. The number of rotatable bonds is 5. The molecule has 0 aliphatic carbocycles. The molecule has 0 saturated heterocycles. The minimum atomic E-state index is -0.884. The van der Waals surface area contributed by atoms with E-state index in [9.17, 15) is 9.59 Å². The zero-order chi connectivity index (χ0) is 15.2. The van der Waals surface area contributed by atoms with Crippen molar-refractivity contribution in [2.24, 2.45) is 0 Å². The molecule has 2 aromatic rings. The minimum Gasteiger partial charge on any atom is -0.481 e. The summed E-state index contributed by atoms with van der Waals surface area (Å²) in [6.45, 7) is 0.371. The summed E-state index contributed by atoms with van der Waals surface area (Å²) in [5.74, 6) is -0.186. The van der Waals surface area contributed by atoms with Crippen molar-refractivity contribution in [2.75, 3.05) is 12.4 Å². The standard InChI is InChI=1S/C15H16N2O4/c1-17(10-13-3-2-8-21-13)15(20)16-12-6-4-11(5-7-12)9-14(18)19/h2-8H,9-10H2,1H3,(H,16,20)(H,18,19). The second kappa shape index (κ2) is 6.60. The molecule has 0 spiro atoms. The molecule has 2 amide bonds. The van der Waals surface area contributed by atoms with Crippen LogP contribution in [0.4, 0.5) is 10.5 Å². The van der Waals surface area contributed by atoms with Crippen molar-refractivity contribution in [3.63, 3.8) is 0 Å². The molecule has 2 rings (SSSR count). The van der Waals surface area contributed by atoms with E-state index in [1.807, 2.05) is 0 Å². The summed E-state index contributed by atoms with van der Waals surface area (Å²) in [6, 6.07) is 10.0. The van der Waals surface area contributed by atoms with Gasteiger partial charge in [0.1, 0.15) is 5.76 Å². The average Bonchev–Trinajstić information content (AvgIpc) is 2.93. The van der Waals surface area contributed by atoms with Gasteiger partial charge in [0.2, 0.25) is 0 Å². The van der Waals surface area contributed by atoms with E-state index < -0.39 is 5.97 Å².